The fraction of sp³-hybridized carbons (Fsp3) is 0.500. The Bertz CT molecular complexity index is 475. The molecule has 3 N–H and O–H groups in total. The monoisotopic (exact) mass is 300 g/mol. The minimum atomic E-state index is -0.263. The second-order valence-corrected chi connectivity index (χ2v) is 5.96. The van der Waals surface area contributed by atoms with Crippen molar-refractivity contribution < 1.29 is 4.79 Å². The summed E-state index contributed by atoms with van der Waals surface area (Å²) in [4.78, 5) is 12.0. The maximum Gasteiger partial charge on any atom is 0.227 e. The summed E-state index contributed by atoms with van der Waals surface area (Å²) in [5.74, 6) is 0.288. The number of benzene rings is 1. The fourth-order valence-corrected chi connectivity index (χ4v) is 2.30. The lowest BCUT2D eigenvalue weighted by molar-refractivity contribution is -0.122. The van der Waals surface area contributed by atoms with E-state index in [1.807, 2.05) is 13.0 Å². The van der Waals surface area contributed by atoms with E-state index in [2.05, 4.69) is 5.32 Å². The van der Waals surface area contributed by atoms with Crippen LogP contribution in [-0.4, -0.2) is 18.5 Å². The first-order valence-corrected chi connectivity index (χ1v) is 7.23. The van der Waals surface area contributed by atoms with Gasteiger partial charge >= 0.3 is 0 Å². The molecule has 1 amide bonds. The number of nitrogens with one attached hydrogen (secondary N) is 1. The summed E-state index contributed by atoms with van der Waals surface area (Å²) in [5, 5.41) is 3.86. The van der Waals surface area contributed by atoms with Crippen molar-refractivity contribution in [1.82, 2.24) is 5.32 Å². The van der Waals surface area contributed by atoms with E-state index in [4.69, 9.17) is 28.9 Å². The molecule has 0 saturated heterocycles. The van der Waals surface area contributed by atoms with Gasteiger partial charge in [-0.3, -0.25) is 4.79 Å². The van der Waals surface area contributed by atoms with Gasteiger partial charge in [0.1, 0.15) is 0 Å². The number of carbonyl (C=O) groups excluding carboxylic acids is 1. The number of nitrogens with two attached hydrogens (primary N) is 1. The van der Waals surface area contributed by atoms with Crippen molar-refractivity contribution in [2.24, 2.45) is 11.7 Å². The Morgan fingerprint density at radius 1 is 1.42 bits per heavy atom. The molecule has 2 atom stereocenters. The Hall–Kier alpha value is -0.770. The molecule has 0 radical (unpaired) electrons. The zero-order chi connectivity index (χ0) is 14.0. The molecule has 1 aliphatic carbocycles. The zero-order valence-electron chi connectivity index (χ0n) is 10.8. The number of rotatable bonds is 5. The Morgan fingerprint density at radius 3 is 2.68 bits per heavy atom. The number of halogens is 2. The van der Waals surface area contributed by atoms with Gasteiger partial charge < -0.3 is 11.1 Å². The Balaban J connectivity index is 1.91. The van der Waals surface area contributed by atoms with Crippen LogP contribution in [0.1, 0.15) is 31.2 Å². The van der Waals surface area contributed by atoms with E-state index >= 15 is 0 Å². The number of carbonyl (C=O) groups is 1. The van der Waals surface area contributed by atoms with Gasteiger partial charge in [0, 0.05) is 12.6 Å². The summed E-state index contributed by atoms with van der Waals surface area (Å²) in [5.41, 5.74) is 6.81. The normalized spacial score (nSPS) is 17.9. The van der Waals surface area contributed by atoms with Crippen molar-refractivity contribution in [1.29, 1.82) is 0 Å². The third-order valence-electron chi connectivity index (χ3n) is 3.58. The van der Waals surface area contributed by atoms with Crippen molar-refractivity contribution >= 4 is 29.1 Å². The maximum atomic E-state index is 12.0. The van der Waals surface area contributed by atoms with Crippen LogP contribution >= 0.6 is 23.2 Å². The number of hydrogen-bond donors (Lipinski definition) is 2. The molecule has 1 fully saturated rings. The van der Waals surface area contributed by atoms with Crippen LogP contribution in [0.3, 0.4) is 0 Å². The molecule has 5 heteroatoms. The molecule has 0 aliphatic heterocycles. The van der Waals surface area contributed by atoms with Gasteiger partial charge in [0.25, 0.3) is 0 Å². The highest BCUT2D eigenvalue weighted by molar-refractivity contribution is 6.42. The van der Waals surface area contributed by atoms with Crippen molar-refractivity contribution in [3.63, 3.8) is 0 Å². The average Bonchev–Trinajstić information content (AvgIpc) is 3.22. The first-order chi connectivity index (χ1) is 8.99. The van der Waals surface area contributed by atoms with Crippen LogP contribution in [0, 0.1) is 5.92 Å². The van der Waals surface area contributed by atoms with Crippen LogP contribution < -0.4 is 11.1 Å². The SMILES string of the molecule is CC(C(=O)NCC(N)C1CC1)c1ccc(Cl)c(Cl)c1. The molecular formula is C14H18Cl2N2O. The van der Waals surface area contributed by atoms with Crippen LogP contribution in [0.4, 0.5) is 0 Å². The van der Waals surface area contributed by atoms with E-state index < -0.39 is 0 Å². The second kappa shape index (κ2) is 6.12. The number of amides is 1. The van der Waals surface area contributed by atoms with Crippen LogP contribution in [0.25, 0.3) is 0 Å². The molecular weight excluding hydrogens is 283 g/mol. The Kier molecular flexibility index (Phi) is 4.71. The molecule has 2 unspecified atom stereocenters. The van der Waals surface area contributed by atoms with Crippen molar-refractivity contribution in [2.75, 3.05) is 6.54 Å². The smallest absolute Gasteiger partial charge is 0.227 e. The van der Waals surface area contributed by atoms with E-state index in [0.717, 1.165) is 5.56 Å². The molecule has 0 bridgehead atoms. The molecule has 1 aliphatic rings. The van der Waals surface area contributed by atoms with Gasteiger partial charge in [0.2, 0.25) is 5.91 Å². The largest absolute Gasteiger partial charge is 0.354 e. The van der Waals surface area contributed by atoms with Crippen molar-refractivity contribution in [2.45, 2.75) is 31.7 Å². The highest BCUT2D eigenvalue weighted by Gasteiger charge is 2.29. The first-order valence-electron chi connectivity index (χ1n) is 6.47. The summed E-state index contributed by atoms with van der Waals surface area (Å²) >= 11 is 11.8. The lowest BCUT2D eigenvalue weighted by atomic mass is 10.0. The quantitative estimate of drug-likeness (QED) is 0.878. The predicted molar refractivity (Wildman–Crippen MR) is 78.6 cm³/mol. The molecule has 1 aromatic rings. The molecule has 0 aromatic heterocycles. The molecule has 0 spiro atoms. The predicted octanol–water partition coefficient (Wildman–Crippen LogP) is 2.95. The van der Waals surface area contributed by atoms with Crippen LogP contribution in [0.15, 0.2) is 18.2 Å². The third kappa shape index (κ3) is 3.85. The Labute approximate surface area is 123 Å². The standard InChI is InChI=1S/C14H18Cl2N2O/c1-8(10-4-5-11(15)12(16)6-10)14(19)18-7-13(17)9-2-3-9/h4-6,8-9,13H,2-3,7,17H2,1H3,(H,18,19). The van der Waals surface area contributed by atoms with Gasteiger partial charge in [-0.1, -0.05) is 29.3 Å². The maximum absolute atomic E-state index is 12.0. The zero-order valence-corrected chi connectivity index (χ0v) is 12.3. The highest BCUT2D eigenvalue weighted by Crippen LogP contribution is 2.31. The first kappa shape index (κ1) is 14.6. The van der Waals surface area contributed by atoms with Crippen LogP contribution in [-0.2, 0) is 4.79 Å². The minimum absolute atomic E-state index is 0.0329. The van der Waals surface area contributed by atoms with Crippen LogP contribution in [0.2, 0.25) is 10.0 Å². The van der Waals surface area contributed by atoms with E-state index in [-0.39, 0.29) is 17.9 Å². The number of hydrogen-bond acceptors (Lipinski definition) is 2. The minimum Gasteiger partial charge on any atom is -0.354 e. The van der Waals surface area contributed by atoms with Gasteiger partial charge in [-0.25, -0.2) is 0 Å². The van der Waals surface area contributed by atoms with Crippen molar-refractivity contribution in [3.05, 3.63) is 33.8 Å². The summed E-state index contributed by atoms with van der Waals surface area (Å²) in [6.07, 6.45) is 2.36. The Morgan fingerprint density at radius 2 is 2.11 bits per heavy atom. The van der Waals surface area contributed by atoms with Gasteiger partial charge in [0.15, 0.2) is 0 Å². The molecule has 1 saturated carbocycles. The van der Waals surface area contributed by atoms with Crippen LogP contribution in [0.5, 0.6) is 0 Å². The summed E-state index contributed by atoms with van der Waals surface area (Å²) in [6, 6.07) is 5.33. The summed E-state index contributed by atoms with van der Waals surface area (Å²) in [7, 11) is 0. The van der Waals surface area contributed by atoms with Gasteiger partial charge in [-0.2, -0.15) is 0 Å². The van der Waals surface area contributed by atoms with Gasteiger partial charge in [0.05, 0.1) is 16.0 Å². The molecule has 3 nitrogen and oxygen atoms in total. The molecule has 0 heterocycles. The lowest BCUT2D eigenvalue weighted by Crippen LogP contribution is -2.40. The van der Waals surface area contributed by atoms with E-state index in [1.165, 1.54) is 12.8 Å². The van der Waals surface area contributed by atoms with E-state index in [1.54, 1.807) is 12.1 Å². The van der Waals surface area contributed by atoms with Crippen molar-refractivity contribution in [3.8, 4) is 0 Å². The molecule has 2 rings (SSSR count). The second-order valence-electron chi connectivity index (χ2n) is 5.14. The average molecular weight is 301 g/mol. The topological polar surface area (TPSA) is 55.1 Å². The highest BCUT2D eigenvalue weighted by atomic mass is 35.5. The molecule has 1 aromatic carbocycles. The fourth-order valence-electron chi connectivity index (χ4n) is 2.00. The molecule has 19 heavy (non-hydrogen) atoms. The summed E-state index contributed by atoms with van der Waals surface area (Å²) in [6.45, 7) is 2.38. The van der Waals surface area contributed by atoms with Gasteiger partial charge in [-0.15, -0.1) is 0 Å². The van der Waals surface area contributed by atoms with E-state index in [9.17, 15) is 4.79 Å². The summed E-state index contributed by atoms with van der Waals surface area (Å²) < 4.78 is 0. The van der Waals surface area contributed by atoms with Gasteiger partial charge in [-0.05, 0) is 43.4 Å². The lowest BCUT2D eigenvalue weighted by Gasteiger charge is -2.16. The van der Waals surface area contributed by atoms with E-state index in [0.29, 0.717) is 22.5 Å². The third-order valence-corrected chi connectivity index (χ3v) is 4.32. The molecule has 104 valence electrons.